The van der Waals surface area contributed by atoms with Gasteiger partial charge in [-0.3, -0.25) is 15.0 Å². The SMILES string of the molecule is CCOc1ncc(N2C[C@@H](C)C[C@@H](N)C2)c2cccnc12.CCOc1ncc(N2C[C@@H](C)C[C@@H](N)C2)c2cccnc12.C[C@H]1C[C@@H](NC(=O)OC(C)(C)C)CN(c2cnc(Cl)c3ncccc23)C1. The third-order valence-electron chi connectivity index (χ3n) is 12.1. The monoisotopic (exact) mass is 949 g/mol. The molecule has 0 radical (unpaired) electrons. The molecule has 6 atom stereocenters. The van der Waals surface area contributed by atoms with E-state index < -0.39 is 5.60 Å². The minimum Gasteiger partial charge on any atom is -0.476 e. The van der Waals surface area contributed by atoms with Gasteiger partial charge in [-0.25, -0.2) is 19.7 Å². The number of carbonyl (C=O) groups is 1. The van der Waals surface area contributed by atoms with Gasteiger partial charge in [-0.2, -0.15) is 0 Å². The quantitative estimate of drug-likeness (QED) is 0.123. The number of hydrogen-bond acceptors (Lipinski definition) is 15. The predicted octanol–water partition coefficient (Wildman–Crippen LogP) is 8.43. The van der Waals surface area contributed by atoms with Gasteiger partial charge in [-0.05, 0) is 108 Å². The van der Waals surface area contributed by atoms with Gasteiger partial charge in [0.2, 0.25) is 11.8 Å². The molecule has 68 heavy (non-hydrogen) atoms. The molecule has 16 nitrogen and oxygen atoms in total. The Bertz CT molecular complexity index is 2500. The van der Waals surface area contributed by atoms with Crippen LogP contribution in [0, 0.1) is 17.8 Å². The van der Waals surface area contributed by atoms with E-state index in [-0.39, 0.29) is 24.2 Å². The van der Waals surface area contributed by atoms with Crippen LogP contribution >= 0.6 is 11.6 Å². The Morgan fingerprint density at radius 3 is 1.49 bits per heavy atom. The van der Waals surface area contributed by atoms with Crippen molar-refractivity contribution in [3.05, 3.63) is 78.7 Å². The van der Waals surface area contributed by atoms with E-state index in [0.29, 0.717) is 59.9 Å². The van der Waals surface area contributed by atoms with Gasteiger partial charge in [-0.1, -0.05) is 32.4 Å². The number of ether oxygens (including phenoxy) is 3. The number of pyridine rings is 6. The van der Waals surface area contributed by atoms with Crippen molar-refractivity contribution >= 4 is 67.5 Å². The Balaban J connectivity index is 0.000000152. The fourth-order valence-electron chi connectivity index (χ4n) is 9.65. The van der Waals surface area contributed by atoms with E-state index in [1.54, 1.807) is 24.8 Å². The second-order valence-corrected chi connectivity index (χ2v) is 19.9. The van der Waals surface area contributed by atoms with Crippen molar-refractivity contribution in [1.82, 2.24) is 35.2 Å². The highest BCUT2D eigenvalue weighted by Crippen LogP contribution is 2.35. The number of piperidine rings is 3. The molecule has 0 bridgehead atoms. The summed E-state index contributed by atoms with van der Waals surface area (Å²) in [6, 6.07) is 12.4. The first-order valence-corrected chi connectivity index (χ1v) is 24.4. The Morgan fingerprint density at radius 2 is 1.04 bits per heavy atom. The number of hydrogen-bond donors (Lipinski definition) is 3. The summed E-state index contributed by atoms with van der Waals surface area (Å²) < 4.78 is 16.6. The summed E-state index contributed by atoms with van der Waals surface area (Å²) in [4.78, 5) is 45.5. The Kier molecular flexibility index (Phi) is 16.6. The van der Waals surface area contributed by atoms with Crippen LogP contribution in [-0.4, -0.2) is 112 Å². The van der Waals surface area contributed by atoms with Gasteiger partial charge in [0.1, 0.15) is 22.2 Å². The molecule has 6 aromatic rings. The zero-order chi connectivity index (χ0) is 48.5. The molecular formula is C51H69ClN12O4. The molecule has 1 amide bonds. The highest BCUT2D eigenvalue weighted by atomic mass is 35.5. The van der Waals surface area contributed by atoms with Crippen molar-refractivity contribution in [2.24, 2.45) is 29.2 Å². The maximum atomic E-state index is 12.1. The van der Waals surface area contributed by atoms with Gasteiger partial charge in [0, 0.05) is 92.1 Å². The van der Waals surface area contributed by atoms with E-state index in [9.17, 15) is 4.79 Å². The zero-order valence-corrected chi connectivity index (χ0v) is 41.6. The van der Waals surface area contributed by atoms with Gasteiger partial charge in [0.15, 0.2) is 5.15 Å². The number of amides is 1. The van der Waals surface area contributed by atoms with Crippen LogP contribution < -0.4 is 41.0 Å². The lowest BCUT2D eigenvalue weighted by Crippen LogP contribution is -2.51. The van der Waals surface area contributed by atoms with Crippen LogP contribution in [0.4, 0.5) is 21.9 Å². The first-order valence-electron chi connectivity index (χ1n) is 24.0. The van der Waals surface area contributed by atoms with Crippen molar-refractivity contribution < 1.29 is 19.0 Å². The smallest absolute Gasteiger partial charge is 0.407 e. The molecule has 3 fully saturated rings. The van der Waals surface area contributed by atoms with E-state index in [2.05, 4.69) is 82.8 Å². The van der Waals surface area contributed by atoms with Crippen molar-refractivity contribution in [2.45, 2.75) is 98.4 Å². The molecule has 17 heteroatoms. The normalized spacial score (nSPS) is 21.9. The minimum atomic E-state index is -0.508. The summed E-state index contributed by atoms with van der Waals surface area (Å²) in [5.41, 5.74) is 17.4. The van der Waals surface area contributed by atoms with Gasteiger partial charge in [0.05, 0.1) is 48.9 Å². The van der Waals surface area contributed by atoms with Crippen LogP contribution in [0.5, 0.6) is 11.8 Å². The summed E-state index contributed by atoms with van der Waals surface area (Å²) in [5.74, 6) is 2.81. The van der Waals surface area contributed by atoms with E-state index in [0.717, 1.165) is 96.2 Å². The molecule has 364 valence electrons. The maximum Gasteiger partial charge on any atom is 0.407 e. The summed E-state index contributed by atoms with van der Waals surface area (Å²) in [6.45, 7) is 22.7. The third-order valence-corrected chi connectivity index (χ3v) is 12.4. The number of halogens is 1. The topological polar surface area (TPSA) is 196 Å². The number of nitrogens with one attached hydrogen (secondary N) is 1. The van der Waals surface area contributed by atoms with E-state index in [4.69, 9.17) is 37.3 Å². The van der Waals surface area contributed by atoms with Gasteiger partial charge < -0.3 is 45.7 Å². The summed E-state index contributed by atoms with van der Waals surface area (Å²) in [6.07, 6.45) is 13.5. The maximum absolute atomic E-state index is 12.1. The molecule has 3 saturated heterocycles. The van der Waals surface area contributed by atoms with Crippen LogP contribution in [-0.2, 0) is 4.74 Å². The molecule has 0 unspecified atom stereocenters. The second kappa shape index (κ2) is 22.5. The summed E-state index contributed by atoms with van der Waals surface area (Å²) in [7, 11) is 0. The number of anilines is 3. The molecule has 6 aromatic heterocycles. The van der Waals surface area contributed by atoms with Gasteiger partial charge in [0.25, 0.3) is 0 Å². The number of aromatic nitrogens is 6. The summed E-state index contributed by atoms with van der Waals surface area (Å²) in [5, 5.41) is 6.53. The van der Waals surface area contributed by atoms with Crippen LogP contribution in [0.1, 0.15) is 74.7 Å². The number of nitrogens with zero attached hydrogens (tertiary/aromatic N) is 9. The fourth-order valence-corrected chi connectivity index (χ4v) is 9.85. The Labute approximate surface area is 405 Å². The van der Waals surface area contributed by atoms with E-state index >= 15 is 0 Å². The van der Waals surface area contributed by atoms with Crippen LogP contribution in [0.15, 0.2) is 73.6 Å². The molecule has 0 spiro atoms. The van der Waals surface area contributed by atoms with E-state index in [1.165, 1.54) is 0 Å². The average molecular weight is 950 g/mol. The van der Waals surface area contributed by atoms with Crippen molar-refractivity contribution in [2.75, 3.05) is 67.2 Å². The fraction of sp³-hybridized carbons (Fsp3) is 0.510. The lowest BCUT2D eigenvalue weighted by molar-refractivity contribution is 0.0495. The van der Waals surface area contributed by atoms with Crippen molar-refractivity contribution in [1.29, 1.82) is 0 Å². The average Bonchev–Trinajstić information content (AvgIpc) is 3.28. The van der Waals surface area contributed by atoms with Gasteiger partial charge >= 0.3 is 6.09 Å². The van der Waals surface area contributed by atoms with E-state index in [1.807, 2.05) is 71.3 Å². The molecule has 9 rings (SSSR count). The molecule has 0 saturated carbocycles. The number of rotatable bonds is 8. The molecule has 5 N–H and O–H groups in total. The first kappa shape index (κ1) is 50.0. The highest BCUT2D eigenvalue weighted by molar-refractivity contribution is 6.34. The predicted molar refractivity (Wildman–Crippen MR) is 273 cm³/mol. The number of carbonyl (C=O) groups excluding carboxylic acids is 1. The lowest BCUT2D eigenvalue weighted by Gasteiger charge is -2.38. The standard InChI is InChI=1S/C19H25ClN4O2.2C16H22N4O/c1-12-8-13(23-18(25)26-19(2,3)4)11-24(10-12)15-9-22-17(20)16-14(15)6-5-7-21-16;2*1-3-21-16-15-13(5-4-6-18-15)14(8-19-16)20-9-11(2)7-12(17)10-20/h5-7,9,12-13H,8,10-11H2,1-4H3,(H,23,25);2*4-6,8,11-12H,3,7,9-10,17H2,1-2H3/t12-,13+;2*11-,12+/m000/s1. The zero-order valence-electron chi connectivity index (χ0n) is 40.9. The third kappa shape index (κ3) is 12.6. The number of nitrogens with two attached hydrogens (primary N) is 2. The summed E-state index contributed by atoms with van der Waals surface area (Å²) >= 11 is 6.19. The molecular weight excluding hydrogens is 880 g/mol. The Hall–Kier alpha value is -5.84. The number of alkyl carbamates (subject to hydrolysis) is 1. The molecule has 3 aliphatic heterocycles. The lowest BCUT2D eigenvalue weighted by atomic mass is 9.95. The van der Waals surface area contributed by atoms with Crippen molar-refractivity contribution in [3.8, 4) is 11.8 Å². The highest BCUT2D eigenvalue weighted by Gasteiger charge is 2.30. The van der Waals surface area contributed by atoms with Gasteiger partial charge in [-0.15, -0.1) is 0 Å². The van der Waals surface area contributed by atoms with Crippen LogP contribution in [0.3, 0.4) is 0 Å². The molecule has 3 aliphatic rings. The molecule has 0 aliphatic carbocycles. The largest absolute Gasteiger partial charge is 0.476 e. The Morgan fingerprint density at radius 1 is 0.632 bits per heavy atom. The first-order chi connectivity index (χ1) is 32.6. The van der Waals surface area contributed by atoms with Crippen LogP contribution in [0.25, 0.3) is 32.7 Å². The molecule has 0 aromatic carbocycles. The molecule has 9 heterocycles. The van der Waals surface area contributed by atoms with Crippen LogP contribution in [0.2, 0.25) is 5.15 Å². The minimum absolute atomic E-state index is 0.0102. The second-order valence-electron chi connectivity index (χ2n) is 19.5. The van der Waals surface area contributed by atoms with Crippen molar-refractivity contribution in [3.63, 3.8) is 0 Å². The number of fused-ring (bicyclic) bond motifs is 3.